The van der Waals surface area contributed by atoms with E-state index in [1.165, 1.54) is 38.3 Å². The largest absolute Gasteiger partial charge is 0.493 e. The molecule has 1 atom stereocenters. The van der Waals surface area contributed by atoms with Crippen molar-refractivity contribution in [3.05, 3.63) is 53.1 Å². The Balaban J connectivity index is 2.14. The molecule has 0 saturated carbocycles. The molecule has 33 heavy (non-hydrogen) atoms. The quantitative estimate of drug-likeness (QED) is 0.431. The Bertz CT molecular complexity index is 1210. The lowest BCUT2D eigenvalue weighted by Gasteiger charge is -2.27. The molecule has 0 unspecified atom stereocenters. The van der Waals surface area contributed by atoms with E-state index >= 15 is 0 Å². The maximum absolute atomic E-state index is 13.4. The van der Waals surface area contributed by atoms with E-state index < -0.39 is 39.6 Å². The average Bonchev–Trinajstić information content (AvgIpc) is 3.03. The maximum atomic E-state index is 13.4. The Morgan fingerprint density at radius 2 is 1.82 bits per heavy atom. The second-order valence-electron chi connectivity index (χ2n) is 7.14. The number of rotatable bonds is 9. The van der Waals surface area contributed by atoms with Crippen LogP contribution in [0.25, 0.3) is 0 Å². The number of anilines is 1. The minimum absolute atomic E-state index is 0.00365. The normalized spacial score (nSPS) is 14.1. The fourth-order valence-electron chi connectivity index (χ4n) is 3.63. The highest BCUT2D eigenvalue weighted by atomic mass is 32.2. The molecule has 0 aromatic heterocycles. The van der Waals surface area contributed by atoms with Crippen LogP contribution in [0.4, 0.5) is 5.69 Å². The van der Waals surface area contributed by atoms with Gasteiger partial charge in [0.2, 0.25) is 5.91 Å². The van der Waals surface area contributed by atoms with Gasteiger partial charge in [0, 0.05) is 6.92 Å². The van der Waals surface area contributed by atoms with Crippen LogP contribution in [0, 0.1) is 0 Å². The van der Waals surface area contributed by atoms with E-state index in [0.717, 1.165) is 12.0 Å². The molecular weight excluding hydrogens is 452 g/mol. The molecule has 0 radical (unpaired) electrons. The molecule has 0 fully saturated rings. The minimum atomic E-state index is -4.10. The Kier molecular flexibility index (Phi) is 7.04. The molecule has 0 aliphatic carbocycles. The lowest BCUT2D eigenvalue weighted by Crippen LogP contribution is -2.38. The third-order valence-corrected chi connectivity index (χ3v) is 6.29. The van der Waals surface area contributed by atoms with Gasteiger partial charge >= 0.3 is 0 Å². The smallest absolute Gasteiger partial charge is 0.269 e. The molecule has 1 heterocycles. The second-order valence-corrected chi connectivity index (χ2v) is 8.92. The van der Waals surface area contributed by atoms with Gasteiger partial charge in [0.15, 0.2) is 11.5 Å². The Labute approximate surface area is 191 Å². The van der Waals surface area contributed by atoms with Crippen molar-refractivity contribution in [3.63, 3.8) is 0 Å². The number of methoxy groups -OCH3 is 1. The highest BCUT2D eigenvalue weighted by molar-refractivity contribution is 7.86. The number of imide groups is 1. The SMILES string of the molecule is CCOc1cc([C@@H](CS(=O)(=O)OC)N2C(=O)c3cccc(NC(C)=O)c3C2=O)ccc1OC. The number of hydrogen-bond acceptors (Lipinski definition) is 8. The number of benzene rings is 2. The molecule has 0 saturated heterocycles. The first-order valence-electron chi connectivity index (χ1n) is 10.0. The summed E-state index contributed by atoms with van der Waals surface area (Å²) in [6, 6.07) is 7.89. The minimum Gasteiger partial charge on any atom is -0.493 e. The van der Waals surface area contributed by atoms with Crippen LogP contribution < -0.4 is 14.8 Å². The molecule has 2 aromatic rings. The predicted molar refractivity (Wildman–Crippen MR) is 119 cm³/mol. The van der Waals surface area contributed by atoms with Crippen LogP contribution in [-0.2, 0) is 19.1 Å². The van der Waals surface area contributed by atoms with Crippen molar-refractivity contribution in [2.24, 2.45) is 0 Å². The zero-order chi connectivity index (χ0) is 24.3. The summed E-state index contributed by atoms with van der Waals surface area (Å²) in [5, 5.41) is 2.54. The number of carbonyl (C=O) groups excluding carboxylic acids is 3. The van der Waals surface area contributed by atoms with E-state index in [1.54, 1.807) is 19.1 Å². The van der Waals surface area contributed by atoms with Crippen LogP contribution in [0.3, 0.4) is 0 Å². The maximum Gasteiger partial charge on any atom is 0.269 e. The van der Waals surface area contributed by atoms with Gasteiger partial charge in [0.05, 0.1) is 43.7 Å². The van der Waals surface area contributed by atoms with Gasteiger partial charge < -0.3 is 14.8 Å². The zero-order valence-electron chi connectivity index (χ0n) is 18.6. The number of fused-ring (bicyclic) bond motifs is 1. The van der Waals surface area contributed by atoms with E-state index in [-0.39, 0.29) is 16.8 Å². The van der Waals surface area contributed by atoms with Crippen LogP contribution in [0.5, 0.6) is 11.5 Å². The van der Waals surface area contributed by atoms with Crippen molar-refractivity contribution >= 4 is 33.5 Å². The summed E-state index contributed by atoms with van der Waals surface area (Å²) in [5.41, 5.74) is 0.551. The third-order valence-electron chi connectivity index (χ3n) is 5.06. The van der Waals surface area contributed by atoms with Crippen molar-refractivity contribution in [1.29, 1.82) is 0 Å². The van der Waals surface area contributed by atoms with Crippen LogP contribution in [0.2, 0.25) is 0 Å². The standard InChI is InChI=1S/C22H24N2O8S/c1-5-32-19-11-14(9-10-18(19)30-3)17(12-33(28,29)31-4)24-21(26)15-7-6-8-16(23-13(2)25)20(15)22(24)27/h6-11,17H,5,12H2,1-4H3,(H,23,25)/t17-/m1/s1. The molecule has 11 heteroatoms. The van der Waals surface area contributed by atoms with Crippen LogP contribution in [0.15, 0.2) is 36.4 Å². The van der Waals surface area contributed by atoms with Gasteiger partial charge in [-0.1, -0.05) is 12.1 Å². The molecule has 3 rings (SSSR count). The predicted octanol–water partition coefficient (Wildman–Crippen LogP) is 2.37. The molecule has 0 spiro atoms. The van der Waals surface area contributed by atoms with E-state index in [9.17, 15) is 22.8 Å². The van der Waals surface area contributed by atoms with Gasteiger partial charge in [-0.2, -0.15) is 8.42 Å². The van der Waals surface area contributed by atoms with Gasteiger partial charge in [-0.25, -0.2) is 0 Å². The Morgan fingerprint density at radius 3 is 2.42 bits per heavy atom. The Morgan fingerprint density at radius 1 is 1.09 bits per heavy atom. The summed E-state index contributed by atoms with van der Waals surface area (Å²) in [6.07, 6.45) is 0. The number of nitrogens with one attached hydrogen (secondary N) is 1. The number of amides is 3. The lowest BCUT2D eigenvalue weighted by atomic mass is 10.1. The van der Waals surface area contributed by atoms with Crippen molar-refractivity contribution in [3.8, 4) is 11.5 Å². The van der Waals surface area contributed by atoms with E-state index in [4.69, 9.17) is 9.47 Å². The number of ether oxygens (including phenoxy) is 2. The van der Waals surface area contributed by atoms with Crippen molar-refractivity contribution in [2.75, 3.05) is 31.9 Å². The molecule has 3 amide bonds. The van der Waals surface area contributed by atoms with Crippen molar-refractivity contribution in [2.45, 2.75) is 19.9 Å². The first kappa shape index (κ1) is 24.2. The van der Waals surface area contributed by atoms with Crippen molar-refractivity contribution < 1.29 is 36.5 Å². The topological polar surface area (TPSA) is 128 Å². The first-order valence-corrected chi connectivity index (χ1v) is 11.6. The Hall–Kier alpha value is -3.44. The summed E-state index contributed by atoms with van der Waals surface area (Å²) in [6.45, 7) is 3.36. The summed E-state index contributed by atoms with van der Waals surface area (Å²) < 4.78 is 40.2. The molecule has 1 aliphatic rings. The summed E-state index contributed by atoms with van der Waals surface area (Å²) in [4.78, 5) is 39.1. The average molecular weight is 477 g/mol. The van der Waals surface area contributed by atoms with Gasteiger partial charge in [0.25, 0.3) is 21.9 Å². The molecular formula is C22H24N2O8S. The molecule has 1 N–H and O–H groups in total. The lowest BCUT2D eigenvalue weighted by molar-refractivity contribution is -0.114. The number of nitrogens with zero attached hydrogens (tertiary/aromatic N) is 1. The highest BCUT2D eigenvalue weighted by Gasteiger charge is 2.44. The monoisotopic (exact) mass is 476 g/mol. The second kappa shape index (κ2) is 9.59. The van der Waals surface area contributed by atoms with Gasteiger partial charge in [-0.05, 0) is 36.8 Å². The van der Waals surface area contributed by atoms with Crippen LogP contribution in [-0.4, -0.2) is 57.6 Å². The summed E-state index contributed by atoms with van der Waals surface area (Å²) in [5.74, 6) is -1.78. The fourth-order valence-corrected chi connectivity index (χ4v) is 4.49. The molecule has 2 aromatic carbocycles. The van der Waals surface area contributed by atoms with Gasteiger partial charge in [0.1, 0.15) is 5.75 Å². The van der Waals surface area contributed by atoms with Crippen LogP contribution >= 0.6 is 0 Å². The molecule has 10 nitrogen and oxygen atoms in total. The van der Waals surface area contributed by atoms with E-state index in [1.807, 2.05) is 0 Å². The molecule has 176 valence electrons. The van der Waals surface area contributed by atoms with E-state index in [0.29, 0.717) is 23.7 Å². The van der Waals surface area contributed by atoms with Crippen molar-refractivity contribution in [1.82, 2.24) is 4.90 Å². The summed E-state index contributed by atoms with van der Waals surface area (Å²) in [7, 11) is -1.64. The fraction of sp³-hybridized carbons (Fsp3) is 0.318. The molecule has 0 bridgehead atoms. The zero-order valence-corrected chi connectivity index (χ0v) is 19.4. The molecule has 1 aliphatic heterocycles. The number of hydrogen-bond donors (Lipinski definition) is 1. The third kappa shape index (κ3) is 4.83. The van der Waals surface area contributed by atoms with Gasteiger partial charge in [-0.3, -0.25) is 23.5 Å². The van der Waals surface area contributed by atoms with Gasteiger partial charge in [-0.15, -0.1) is 0 Å². The summed E-state index contributed by atoms with van der Waals surface area (Å²) >= 11 is 0. The first-order chi connectivity index (χ1) is 15.6. The van der Waals surface area contributed by atoms with E-state index in [2.05, 4.69) is 9.50 Å². The highest BCUT2D eigenvalue weighted by Crippen LogP contribution is 2.38. The number of carbonyl (C=O) groups is 3. The van der Waals surface area contributed by atoms with Crippen LogP contribution in [0.1, 0.15) is 46.2 Å².